The van der Waals surface area contributed by atoms with E-state index in [2.05, 4.69) is 16.8 Å². The van der Waals surface area contributed by atoms with Crippen molar-refractivity contribution in [1.29, 1.82) is 0 Å². The van der Waals surface area contributed by atoms with Crippen molar-refractivity contribution in [3.05, 3.63) is 64.4 Å². The first-order valence-corrected chi connectivity index (χ1v) is 7.00. The second-order valence-corrected chi connectivity index (χ2v) is 5.34. The molecule has 0 saturated heterocycles. The van der Waals surface area contributed by atoms with Crippen LogP contribution in [0, 0.1) is 0 Å². The summed E-state index contributed by atoms with van der Waals surface area (Å²) < 4.78 is 0. The predicted octanol–water partition coefficient (Wildman–Crippen LogP) is 3.63. The van der Waals surface area contributed by atoms with Crippen molar-refractivity contribution in [3.8, 4) is 0 Å². The Balaban J connectivity index is 2.14. The van der Waals surface area contributed by atoms with E-state index in [-0.39, 0.29) is 11.7 Å². The van der Waals surface area contributed by atoms with Gasteiger partial charge in [0, 0.05) is 17.6 Å². The van der Waals surface area contributed by atoms with Gasteiger partial charge in [0.1, 0.15) is 5.69 Å². The summed E-state index contributed by atoms with van der Waals surface area (Å²) in [7, 11) is 1.96. The third-order valence-corrected chi connectivity index (χ3v) is 3.80. The van der Waals surface area contributed by atoms with Crippen LogP contribution in [-0.4, -0.2) is 28.0 Å². The van der Waals surface area contributed by atoms with E-state index >= 15 is 0 Å². The maximum atomic E-state index is 10.9. The normalized spacial score (nSPS) is 12.4. The van der Waals surface area contributed by atoms with Crippen LogP contribution in [0.15, 0.2) is 42.5 Å². The van der Waals surface area contributed by atoms with E-state index in [1.54, 1.807) is 6.07 Å². The van der Waals surface area contributed by atoms with Gasteiger partial charge in [-0.3, -0.25) is 4.90 Å². The van der Waals surface area contributed by atoms with Crippen molar-refractivity contribution in [1.82, 2.24) is 9.88 Å². The fourth-order valence-corrected chi connectivity index (χ4v) is 2.42. The number of aromatic nitrogens is 1. The van der Waals surface area contributed by atoms with Crippen molar-refractivity contribution < 1.29 is 9.90 Å². The summed E-state index contributed by atoms with van der Waals surface area (Å²) >= 11 is 6.21. The van der Waals surface area contributed by atoms with Gasteiger partial charge >= 0.3 is 5.97 Å². The zero-order valence-electron chi connectivity index (χ0n) is 12.0. The van der Waals surface area contributed by atoms with Gasteiger partial charge in [-0.1, -0.05) is 35.9 Å². The molecule has 110 valence electrons. The molecule has 0 aliphatic rings. The predicted molar refractivity (Wildman–Crippen MR) is 82.5 cm³/mol. The molecule has 1 aromatic heterocycles. The number of carboxylic acid groups (broad SMARTS) is 1. The largest absolute Gasteiger partial charge is 0.477 e. The third kappa shape index (κ3) is 3.80. The highest BCUT2D eigenvalue weighted by Crippen LogP contribution is 2.26. The van der Waals surface area contributed by atoms with E-state index in [1.165, 1.54) is 6.07 Å². The topological polar surface area (TPSA) is 53.4 Å². The molecule has 1 atom stereocenters. The molecule has 1 unspecified atom stereocenters. The summed E-state index contributed by atoms with van der Waals surface area (Å²) in [6.45, 7) is 2.61. The van der Waals surface area contributed by atoms with E-state index in [0.29, 0.717) is 6.54 Å². The zero-order chi connectivity index (χ0) is 15.4. The Labute approximate surface area is 129 Å². The molecule has 2 aromatic rings. The van der Waals surface area contributed by atoms with Crippen LogP contribution in [0.25, 0.3) is 0 Å². The highest BCUT2D eigenvalue weighted by molar-refractivity contribution is 6.31. The summed E-state index contributed by atoms with van der Waals surface area (Å²) in [5, 5.41) is 9.70. The van der Waals surface area contributed by atoms with Crippen molar-refractivity contribution in [3.63, 3.8) is 0 Å². The van der Waals surface area contributed by atoms with Crippen LogP contribution in [0.1, 0.15) is 34.7 Å². The van der Waals surface area contributed by atoms with Crippen LogP contribution in [0.3, 0.4) is 0 Å². The van der Waals surface area contributed by atoms with Gasteiger partial charge in [-0.15, -0.1) is 0 Å². The smallest absolute Gasteiger partial charge is 0.354 e. The molecular weight excluding hydrogens is 288 g/mol. The van der Waals surface area contributed by atoms with Gasteiger partial charge in [-0.05, 0) is 37.7 Å². The lowest BCUT2D eigenvalue weighted by atomic mass is 10.1. The fourth-order valence-electron chi connectivity index (χ4n) is 2.13. The van der Waals surface area contributed by atoms with Crippen LogP contribution in [0.4, 0.5) is 0 Å². The zero-order valence-corrected chi connectivity index (χ0v) is 12.7. The molecule has 0 aliphatic heterocycles. The number of rotatable bonds is 5. The number of hydrogen-bond donors (Lipinski definition) is 1. The lowest BCUT2D eigenvalue weighted by molar-refractivity contribution is 0.0690. The van der Waals surface area contributed by atoms with Crippen LogP contribution in [0.2, 0.25) is 5.02 Å². The lowest BCUT2D eigenvalue weighted by Crippen LogP contribution is -2.23. The van der Waals surface area contributed by atoms with E-state index in [9.17, 15) is 4.79 Å². The lowest BCUT2D eigenvalue weighted by Gasteiger charge is -2.25. The summed E-state index contributed by atoms with van der Waals surface area (Å²) in [4.78, 5) is 17.2. The quantitative estimate of drug-likeness (QED) is 0.916. The van der Waals surface area contributed by atoms with Crippen LogP contribution < -0.4 is 0 Å². The van der Waals surface area contributed by atoms with Crippen molar-refractivity contribution in [2.45, 2.75) is 19.5 Å². The Morgan fingerprint density at radius 2 is 2.00 bits per heavy atom. The number of nitrogens with zero attached hydrogens (tertiary/aromatic N) is 2. The maximum absolute atomic E-state index is 10.9. The SMILES string of the molecule is CC(c1ccccc1Cl)N(C)Cc1cccc(C(=O)O)n1. The molecule has 5 heteroatoms. The van der Waals surface area contributed by atoms with E-state index in [4.69, 9.17) is 16.7 Å². The van der Waals surface area contributed by atoms with Crippen LogP contribution in [0.5, 0.6) is 0 Å². The second-order valence-electron chi connectivity index (χ2n) is 4.93. The minimum Gasteiger partial charge on any atom is -0.477 e. The Kier molecular flexibility index (Phi) is 4.94. The molecule has 1 aromatic carbocycles. The van der Waals surface area contributed by atoms with E-state index < -0.39 is 5.97 Å². The van der Waals surface area contributed by atoms with Crippen molar-refractivity contribution >= 4 is 17.6 Å². The summed E-state index contributed by atoms with van der Waals surface area (Å²) in [5.41, 5.74) is 1.82. The first-order chi connectivity index (χ1) is 9.99. The summed E-state index contributed by atoms with van der Waals surface area (Å²) in [5.74, 6) is -1.02. The number of hydrogen-bond acceptors (Lipinski definition) is 3. The third-order valence-electron chi connectivity index (χ3n) is 3.45. The number of carbonyl (C=O) groups is 1. The van der Waals surface area contributed by atoms with Gasteiger partial charge in [0.15, 0.2) is 0 Å². The number of carboxylic acids is 1. The number of benzene rings is 1. The van der Waals surface area contributed by atoms with Gasteiger partial charge in [-0.2, -0.15) is 0 Å². The first-order valence-electron chi connectivity index (χ1n) is 6.63. The van der Waals surface area contributed by atoms with Gasteiger partial charge < -0.3 is 5.11 Å². The van der Waals surface area contributed by atoms with Gasteiger partial charge in [0.05, 0.1) is 5.69 Å². The standard InChI is InChI=1S/C16H17ClN2O2/c1-11(13-7-3-4-8-14(13)17)19(2)10-12-6-5-9-15(18-12)16(20)21/h3-9,11H,10H2,1-2H3,(H,20,21). The fraction of sp³-hybridized carbons (Fsp3) is 0.250. The highest BCUT2D eigenvalue weighted by Gasteiger charge is 2.15. The molecule has 1 N–H and O–H groups in total. The highest BCUT2D eigenvalue weighted by atomic mass is 35.5. The van der Waals surface area contributed by atoms with Gasteiger partial charge in [-0.25, -0.2) is 9.78 Å². The molecule has 0 saturated carbocycles. The molecule has 0 bridgehead atoms. The summed E-state index contributed by atoms with van der Waals surface area (Å²) in [6, 6.07) is 12.8. The number of pyridine rings is 1. The summed E-state index contributed by atoms with van der Waals surface area (Å²) in [6.07, 6.45) is 0. The Bertz CT molecular complexity index is 646. The molecular formula is C16H17ClN2O2. The molecule has 21 heavy (non-hydrogen) atoms. The molecule has 4 nitrogen and oxygen atoms in total. The molecule has 0 aliphatic carbocycles. The average Bonchev–Trinajstić information content (AvgIpc) is 2.47. The Hall–Kier alpha value is -1.91. The monoisotopic (exact) mass is 304 g/mol. The number of halogens is 1. The Morgan fingerprint density at radius 3 is 2.67 bits per heavy atom. The average molecular weight is 305 g/mol. The van der Waals surface area contributed by atoms with Gasteiger partial charge in [0.25, 0.3) is 0 Å². The molecule has 0 fully saturated rings. The second kappa shape index (κ2) is 6.70. The first kappa shape index (κ1) is 15.5. The molecule has 0 spiro atoms. The van der Waals surface area contributed by atoms with Crippen LogP contribution >= 0.6 is 11.6 Å². The van der Waals surface area contributed by atoms with Gasteiger partial charge in [0.2, 0.25) is 0 Å². The molecule has 2 rings (SSSR count). The maximum Gasteiger partial charge on any atom is 0.354 e. The van der Waals surface area contributed by atoms with E-state index in [0.717, 1.165) is 16.3 Å². The minimum atomic E-state index is -1.02. The minimum absolute atomic E-state index is 0.0614. The van der Waals surface area contributed by atoms with Crippen LogP contribution in [-0.2, 0) is 6.54 Å². The van der Waals surface area contributed by atoms with E-state index in [1.807, 2.05) is 37.4 Å². The molecule has 0 amide bonds. The molecule has 1 heterocycles. The number of aromatic carboxylic acids is 1. The van der Waals surface area contributed by atoms with Crippen molar-refractivity contribution in [2.24, 2.45) is 0 Å². The Morgan fingerprint density at radius 1 is 1.29 bits per heavy atom. The molecule has 0 radical (unpaired) electrons. The van der Waals surface area contributed by atoms with Crippen molar-refractivity contribution in [2.75, 3.05) is 7.05 Å².